The summed E-state index contributed by atoms with van der Waals surface area (Å²) in [7, 11) is 2.04. The van der Waals surface area contributed by atoms with Crippen molar-refractivity contribution in [1.82, 2.24) is 29.4 Å². The van der Waals surface area contributed by atoms with Crippen LogP contribution in [0.25, 0.3) is 16.7 Å². The summed E-state index contributed by atoms with van der Waals surface area (Å²) in [5.41, 5.74) is 4.95. The molecule has 0 radical (unpaired) electrons. The zero-order valence-electron chi connectivity index (χ0n) is 18.6. The standard InChI is InChI=1S/C24H25BrN6O/c1-15-6-7-19(31-26-9-10-27-31)18(12-15)22(32)30-11-5-8-24(30,3)23-28-21-16(2)13-17(25)14-20(21)29(23)4/h6-7,9-10,12-14H,5,8,11H2,1-4H3. The molecular weight excluding hydrogens is 468 g/mol. The van der Waals surface area contributed by atoms with Gasteiger partial charge in [-0.25, -0.2) is 4.98 Å². The molecule has 1 unspecified atom stereocenters. The fourth-order valence-electron chi connectivity index (χ4n) is 4.90. The Labute approximate surface area is 195 Å². The lowest BCUT2D eigenvalue weighted by molar-refractivity contribution is 0.0599. The van der Waals surface area contributed by atoms with Gasteiger partial charge in [-0.1, -0.05) is 27.6 Å². The second-order valence-electron chi connectivity index (χ2n) is 8.76. The Balaban J connectivity index is 1.63. The Morgan fingerprint density at radius 3 is 2.62 bits per heavy atom. The van der Waals surface area contributed by atoms with E-state index in [0.717, 1.165) is 45.3 Å². The Kier molecular flexibility index (Phi) is 4.93. The number of amides is 1. The summed E-state index contributed by atoms with van der Waals surface area (Å²) in [5, 5.41) is 8.51. The van der Waals surface area contributed by atoms with Crippen molar-refractivity contribution < 1.29 is 4.79 Å². The van der Waals surface area contributed by atoms with E-state index in [-0.39, 0.29) is 5.91 Å². The number of aryl methyl sites for hydroxylation is 3. The normalized spacial score (nSPS) is 18.6. The Morgan fingerprint density at radius 1 is 1.12 bits per heavy atom. The first kappa shape index (κ1) is 20.9. The topological polar surface area (TPSA) is 68.8 Å². The number of rotatable bonds is 3. The molecule has 2 aromatic heterocycles. The maximum Gasteiger partial charge on any atom is 0.256 e. The Bertz CT molecular complexity index is 1340. The van der Waals surface area contributed by atoms with E-state index in [9.17, 15) is 4.79 Å². The SMILES string of the molecule is Cc1ccc(-n2nccn2)c(C(=O)N2CCCC2(C)c2nc3c(C)cc(Br)cc3n2C)c1. The van der Waals surface area contributed by atoms with Crippen molar-refractivity contribution in [3.05, 3.63) is 69.7 Å². The molecule has 2 aromatic carbocycles. The molecule has 164 valence electrons. The zero-order chi connectivity index (χ0) is 22.6. The van der Waals surface area contributed by atoms with E-state index in [1.54, 1.807) is 12.4 Å². The Hall–Kier alpha value is -3.00. The molecule has 0 bridgehead atoms. The smallest absolute Gasteiger partial charge is 0.256 e. The predicted octanol–water partition coefficient (Wildman–Crippen LogP) is 4.68. The van der Waals surface area contributed by atoms with Crippen LogP contribution >= 0.6 is 15.9 Å². The Morgan fingerprint density at radius 2 is 1.88 bits per heavy atom. The zero-order valence-corrected chi connectivity index (χ0v) is 20.2. The number of aromatic nitrogens is 5. The van der Waals surface area contributed by atoms with Gasteiger partial charge in [0.05, 0.1) is 40.2 Å². The van der Waals surface area contributed by atoms with Gasteiger partial charge < -0.3 is 9.47 Å². The van der Waals surface area contributed by atoms with E-state index in [1.807, 2.05) is 37.1 Å². The van der Waals surface area contributed by atoms with E-state index in [1.165, 1.54) is 4.80 Å². The second kappa shape index (κ2) is 7.55. The number of likely N-dealkylation sites (tertiary alicyclic amines) is 1. The van der Waals surface area contributed by atoms with Crippen LogP contribution < -0.4 is 0 Å². The average molecular weight is 493 g/mol. The number of benzene rings is 2. The number of imidazole rings is 1. The lowest BCUT2D eigenvalue weighted by Gasteiger charge is -2.35. The van der Waals surface area contributed by atoms with Gasteiger partial charge in [0.2, 0.25) is 0 Å². The fourth-order valence-corrected chi connectivity index (χ4v) is 5.46. The van der Waals surface area contributed by atoms with Crippen molar-refractivity contribution in [2.45, 2.75) is 39.2 Å². The predicted molar refractivity (Wildman–Crippen MR) is 127 cm³/mol. The van der Waals surface area contributed by atoms with Gasteiger partial charge in [0, 0.05) is 18.1 Å². The lowest BCUT2D eigenvalue weighted by atomic mass is 9.96. The van der Waals surface area contributed by atoms with Crippen molar-refractivity contribution in [3.63, 3.8) is 0 Å². The number of fused-ring (bicyclic) bond motifs is 1. The van der Waals surface area contributed by atoms with Crippen LogP contribution in [0, 0.1) is 13.8 Å². The maximum atomic E-state index is 14.0. The van der Waals surface area contributed by atoms with Gasteiger partial charge in [0.1, 0.15) is 5.82 Å². The number of carbonyl (C=O) groups is 1. The van der Waals surface area contributed by atoms with Crippen LogP contribution in [-0.2, 0) is 12.6 Å². The summed E-state index contributed by atoms with van der Waals surface area (Å²) < 4.78 is 3.16. The number of hydrogen-bond acceptors (Lipinski definition) is 4. The molecular formula is C24H25BrN6O. The molecule has 0 spiro atoms. The largest absolute Gasteiger partial charge is 0.329 e. The van der Waals surface area contributed by atoms with Crippen LogP contribution in [-0.4, -0.2) is 41.9 Å². The van der Waals surface area contributed by atoms with Crippen LogP contribution in [0.4, 0.5) is 0 Å². The first-order valence-electron chi connectivity index (χ1n) is 10.7. The van der Waals surface area contributed by atoms with Crippen LogP contribution in [0.5, 0.6) is 0 Å². The van der Waals surface area contributed by atoms with Gasteiger partial charge >= 0.3 is 0 Å². The molecule has 0 N–H and O–H groups in total. The monoisotopic (exact) mass is 492 g/mol. The van der Waals surface area contributed by atoms with E-state index in [4.69, 9.17) is 4.98 Å². The van der Waals surface area contributed by atoms with Gasteiger partial charge in [-0.05, 0) is 63.4 Å². The summed E-state index contributed by atoms with van der Waals surface area (Å²) in [5.74, 6) is 0.886. The summed E-state index contributed by atoms with van der Waals surface area (Å²) >= 11 is 3.60. The molecule has 1 aliphatic heterocycles. The maximum absolute atomic E-state index is 14.0. The summed E-state index contributed by atoms with van der Waals surface area (Å²) in [4.78, 5) is 22.5. The minimum absolute atomic E-state index is 0.0223. The average Bonchev–Trinajstić information content (AvgIpc) is 3.48. The minimum Gasteiger partial charge on any atom is -0.329 e. The molecule has 1 amide bonds. The molecule has 1 saturated heterocycles. The van der Waals surface area contributed by atoms with Crippen LogP contribution in [0.2, 0.25) is 0 Å². The highest BCUT2D eigenvalue weighted by Crippen LogP contribution is 2.41. The van der Waals surface area contributed by atoms with Crippen molar-refractivity contribution in [2.75, 3.05) is 6.54 Å². The first-order chi connectivity index (χ1) is 15.3. The van der Waals surface area contributed by atoms with E-state index < -0.39 is 5.54 Å². The van der Waals surface area contributed by atoms with Crippen LogP contribution in [0.1, 0.15) is 47.1 Å². The number of nitrogens with zero attached hydrogens (tertiary/aromatic N) is 6. The summed E-state index contributed by atoms with van der Waals surface area (Å²) in [6, 6.07) is 9.98. The number of halogens is 1. The summed E-state index contributed by atoms with van der Waals surface area (Å²) in [6.45, 7) is 6.87. The van der Waals surface area contributed by atoms with E-state index in [0.29, 0.717) is 17.8 Å². The third-order valence-corrected chi connectivity index (χ3v) is 6.98. The van der Waals surface area contributed by atoms with E-state index in [2.05, 4.69) is 56.7 Å². The fraction of sp³-hybridized carbons (Fsp3) is 0.333. The van der Waals surface area contributed by atoms with Crippen LogP contribution in [0.3, 0.4) is 0 Å². The van der Waals surface area contributed by atoms with Gasteiger partial charge in [-0.2, -0.15) is 15.0 Å². The molecule has 3 heterocycles. The molecule has 1 fully saturated rings. The highest BCUT2D eigenvalue weighted by molar-refractivity contribution is 9.10. The number of hydrogen-bond donors (Lipinski definition) is 0. The first-order valence-corrected chi connectivity index (χ1v) is 11.5. The van der Waals surface area contributed by atoms with Gasteiger partial charge in [0.15, 0.2) is 0 Å². The molecule has 32 heavy (non-hydrogen) atoms. The molecule has 0 saturated carbocycles. The van der Waals surface area contributed by atoms with Crippen LogP contribution in [0.15, 0.2) is 47.2 Å². The van der Waals surface area contributed by atoms with E-state index >= 15 is 0 Å². The van der Waals surface area contributed by atoms with Gasteiger partial charge in [-0.3, -0.25) is 4.79 Å². The quantitative estimate of drug-likeness (QED) is 0.416. The molecule has 5 rings (SSSR count). The molecule has 8 heteroatoms. The highest BCUT2D eigenvalue weighted by atomic mass is 79.9. The molecule has 1 atom stereocenters. The highest BCUT2D eigenvalue weighted by Gasteiger charge is 2.45. The van der Waals surface area contributed by atoms with Gasteiger partial charge in [-0.15, -0.1) is 0 Å². The molecule has 7 nitrogen and oxygen atoms in total. The second-order valence-corrected chi connectivity index (χ2v) is 9.67. The lowest BCUT2D eigenvalue weighted by Crippen LogP contribution is -2.44. The summed E-state index contributed by atoms with van der Waals surface area (Å²) in [6.07, 6.45) is 5.02. The van der Waals surface area contributed by atoms with Gasteiger partial charge in [0.25, 0.3) is 5.91 Å². The molecule has 1 aliphatic rings. The van der Waals surface area contributed by atoms with Crippen molar-refractivity contribution in [2.24, 2.45) is 7.05 Å². The van der Waals surface area contributed by atoms with Crippen molar-refractivity contribution in [3.8, 4) is 5.69 Å². The molecule has 0 aliphatic carbocycles. The third-order valence-electron chi connectivity index (χ3n) is 6.53. The number of carbonyl (C=O) groups excluding carboxylic acids is 1. The minimum atomic E-state index is -0.512. The third kappa shape index (κ3) is 3.16. The molecule has 4 aromatic rings. The van der Waals surface area contributed by atoms with Crippen molar-refractivity contribution in [1.29, 1.82) is 0 Å². The van der Waals surface area contributed by atoms with Crippen molar-refractivity contribution >= 4 is 32.9 Å².